The van der Waals surface area contributed by atoms with E-state index in [1.807, 2.05) is 31.2 Å². The van der Waals surface area contributed by atoms with Gasteiger partial charge >= 0.3 is 0 Å². The lowest BCUT2D eigenvalue weighted by atomic mass is 10.0. The van der Waals surface area contributed by atoms with Gasteiger partial charge in [0.1, 0.15) is 5.82 Å². The minimum atomic E-state index is 0.705. The highest BCUT2D eigenvalue weighted by Crippen LogP contribution is 2.26. The van der Waals surface area contributed by atoms with Crippen LogP contribution in [0.2, 0.25) is 5.02 Å². The predicted octanol–water partition coefficient (Wildman–Crippen LogP) is 5.05. The molecule has 132 valence electrons. The van der Waals surface area contributed by atoms with Crippen LogP contribution in [0.5, 0.6) is 0 Å². The number of fused-ring (bicyclic) bond motifs is 1. The van der Waals surface area contributed by atoms with Gasteiger partial charge in [-0.3, -0.25) is 0 Å². The molecule has 0 unspecified atom stereocenters. The lowest BCUT2D eigenvalue weighted by Gasteiger charge is -2.29. The van der Waals surface area contributed by atoms with Gasteiger partial charge in [-0.05, 0) is 49.1 Å². The number of nitrogens with one attached hydrogen (secondary N) is 1. The lowest BCUT2D eigenvalue weighted by molar-refractivity contribution is 0.706. The van der Waals surface area contributed by atoms with Crippen molar-refractivity contribution in [3.8, 4) is 0 Å². The van der Waals surface area contributed by atoms with Crippen LogP contribution in [-0.4, -0.2) is 16.5 Å². The number of nitrogens with zero attached hydrogens (tertiary/aromatic N) is 3. The van der Waals surface area contributed by atoms with Crippen LogP contribution in [0.3, 0.4) is 0 Å². The van der Waals surface area contributed by atoms with Crippen molar-refractivity contribution in [2.24, 2.45) is 0 Å². The summed E-state index contributed by atoms with van der Waals surface area (Å²) in [5, 5.41) is 4.10. The van der Waals surface area contributed by atoms with E-state index in [0.29, 0.717) is 5.02 Å². The fourth-order valence-corrected chi connectivity index (χ4v) is 3.46. The van der Waals surface area contributed by atoms with Crippen LogP contribution >= 0.6 is 11.6 Å². The van der Waals surface area contributed by atoms with Gasteiger partial charge in [-0.25, -0.2) is 4.98 Å². The van der Waals surface area contributed by atoms with E-state index in [-0.39, 0.29) is 0 Å². The van der Waals surface area contributed by atoms with Crippen LogP contribution in [0.15, 0.2) is 48.5 Å². The van der Waals surface area contributed by atoms with Gasteiger partial charge < -0.3 is 10.2 Å². The van der Waals surface area contributed by atoms with Gasteiger partial charge in [0.2, 0.25) is 5.95 Å². The van der Waals surface area contributed by atoms with Gasteiger partial charge in [0.15, 0.2) is 0 Å². The molecule has 26 heavy (non-hydrogen) atoms. The molecule has 1 aliphatic heterocycles. The fraction of sp³-hybridized carbons (Fsp3) is 0.238. The van der Waals surface area contributed by atoms with Gasteiger partial charge in [-0.1, -0.05) is 41.9 Å². The molecule has 0 saturated carbocycles. The quantitative estimate of drug-likeness (QED) is 0.705. The van der Waals surface area contributed by atoms with Crippen molar-refractivity contribution >= 4 is 29.1 Å². The Morgan fingerprint density at radius 2 is 1.81 bits per heavy atom. The number of hydrogen-bond donors (Lipinski definition) is 1. The van der Waals surface area contributed by atoms with Crippen LogP contribution < -0.4 is 10.2 Å². The average Bonchev–Trinajstić information content (AvgIpc) is 2.64. The molecule has 0 amide bonds. The lowest BCUT2D eigenvalue weighted by Crippen LogP contribution is -2.32. The first-order valence-electron chi connectivity index (χ1n) is 8.79. The molecule has 0 spiro atoms. The number of anilines is 3. The second-order valence-electron chi connectivity index (χ2n) is 6.72. The van der Waals surface area contributed by atoms with Crippen molar-refractivity contribution in [1.82, 2.24) is 9.97 Å². The minimum absolute atomic E-state index is 0.705. The summed E-state index contributed by atoms with van der Waals surface area (Å²) < 4.78 is 0. The molecule has 5 heteroatoms. The smallest absolute Gasteiger partial charge is 0.227 e. The van der Waals surface area contributed by atoms with Crippen LogP contribution in [0.25, 0.3) is 0 Å². The SMILES string of the molecule is Cc1cc(Nc2cc(Cl)ccc2C)nc(N2CCc3ccccc3C2)n1. The van der Waals surface area contributed by atoms with Gasteiger partial charge in [0, 0.05) is 35.6 Å². The Labute approximate surface area is 158 Å². The summed E-state index contributed by atoms with van der Waals surface area (Å²) in [6, 6.07) is 16.4. The molecule has 2 aromatic carbocycles. The molecular formula is C21H21ClN4. The molecule has 0 bridgehead atoms. The molecule has 2 heterocycles. The Balaban J connectivity index is 1.62. The van der Waals surface area contributed by atoms with E-state index in [4.69, 9.17) is 16.6 Å². The number of aromatic nitrogens is 2. The van der Waals surface area contributed by atoms with E-state index in [1.54, 1.807) is 0 Å². The molecule has 4 rings (SSSR count). The molecule has 0 atom stereocenters. The molecule has 3 aromatic rings. The molecule has 4 nitrogen and oxygen atoms in total. The van der Waals surface area contributed by atoms with E-state index in [0.717, 1.165) is 48.2 Å². The summed E-state index contributed by atoms with van der Waals surface area (Å²) in [7, 11) is 0. The standard InChI is InChI=1S/C21H21ClN4/c1-14-7-8-18(22)12-19(14)24-20-11-15(2)23-21(25-20)26-10-9-16-5-3-4-6-17(16)13-26/h3-8,11-12H,9-10,13H2,1-2H3,(H,23,24,25). The summed E-state index contributed by atoms with van der Waals surface area (Å²) in [5.74, 6) is 1.55. The largest absolute Gasteiger partial charge is 0.340 e. The van der Waals surface area contributed by atoms with E-state index in [1.165, 1.54) is 11.1 Å². The maximum atomic E-state index is 6.13. The Bertz CT molecular complexity index is 954. The van der Waals surface area contributed by atoms with Crippen molar-refractivity contribution in [1.29, 1.82) is 0 Å². The number of hydrogen-bond acceptors (Lipinski definition) is 4. The monoisotopic (exact) mass is 364 g/mol. The van der Waals surface area contributed by atoms with Gasteiger partial charge in [-0.15, -0.1) is 0 Å². The van der Waals surface area contributed by atoms with Gasteiger partial charge in [-0.2, -0.15) is 4.98 Å². The molecular weight excluding hydrogens is 344 g/mol. The third-order valence-electron chi connectivity index (χ3n) is 4.72. The zero-order valence-electron chi connectivity index (χ0n) is 15.0. The first-order valence-corrected chi connectivity index (χ1v) is 9.17. The number of aryl methyl sites for hydroxylation is 2. The van der Waals surface area contributed by atoms with Crippen molar-refractivity contribution in [2.45, 2.75) is 26.8 Å². The summed E-state index contributed by atoms with van der Waals surface area (Å²) in [5.41, 5.74) is 5.80. The highest BCUT2D eigenvalue weighted by atomic mass is 35.5. The topological polar surface area (TPSA) is 41.1 Å². The van der Waals surface area contributed by atoms with E-state index < -0.39 is 0 Å². The average molecular weight is 365 g/mol. The third kappa shape index (κ3) is 3.51. The molecule has 0 aliphatic carbocycles. The van der Waals surface area contributed by atoms with Crippen LogP contribution in [0, 0.1) is 13.8 Å². The molecule has 0 radical (unpaired) electrons. The Morgan fingerprint density at radius 1 is 1.00 bits per heavy atom. The van der Waals surface area contributed by atoms with E-state index >= 15 is 0 Å². The predicted molar refractivity (Wildman–Crippen MR) is 107 cm³/mol. The first-order chi connectivity index (χ1) is 12.6. The van der Waals surface area contributed by atoms with Gasteiger partial charge in [0.05, 0.1) is 0 Å². The highest BCUT2D eigenvalue weighted by Gasteiger charge is 2.19. The molecule has 0 fully saturated rings. The van der Waals surface area contributed by atoms with Gasteiger partial charge in [0.25, 0.3) is 0 Å². The molecule has 0 saturated heterocycles. The maximum Gasteiger partial charge on any atom is 0.227 e. The van der Waals surface area contributed by atoms with Crippen molar-refractivity contribution in [3.63, 3.8) is 0 Å². The Kier molecular flexibility index (Phi) is 4.51. The van der Waals surface area contributed by atoms with Crippen LogP contribution in [0.4, 0.5) is 17.5 Å². The Morgan fingerprint density at radius 3 is 2.65 bits per heavy atom. The van der Waals surface area contributed by atoms with Crippen LogP contribution in [-0.2, 0) is 13.0 Å². The fourth-order valence-electron chi connectivity index (χ4n) is 3.29. The molecule has 1 aliphatic rings. The highest BCUT2D eigenvalue weighted by molar-refractivity contribution is 6.30. The molecule has 1 N–H and O–H groups in total. The third-order valence-corrected chi connectivity index (χ3v) is 4.95. The zero-order valence-corrected chi connectivity index (χ0v) is 15.7. The second kappa shape index (κ2) is 6.96. The zero-order chi connectivity index (χ0) is 18.1. The number of rotatable bonds is 3. The van der Waals surface area contributed by atoms with Crippen molar-refractivity contribution in [2.75, 3.05) is 16.8 Å². The van der Waals surface area contributed by atoms with Crippen LogP contribution in [0.1, 0.15) is 22.4 Å². The first kappa shape index (κ1) is 16.9. The summed E-state index contributed by atoms with van der Waals surface area (Å²) in [6.07, 6.45) is 1.02. The summed E-state index contributed by atoms with van der Waals surface area (Å²) in [6.45, 7) is 5.82. The number of benzene rings is 2. The van der Waals surface area contributed by atoms with E-state index in [2.05, 4.69) is 46.4 Å². The Hall–Kier alpha value is -2.59. The normalized spacial score (nSPS) is 13.4. The summed E-state index contributed by atoms with van der Waals surface area (Å²) in [4.78, 5) is 11.7. The maximum absolute atomic E-state index is 6.13. The van der Waals surface area contributed by atoms with E-state index in [9.17, 15) is 0 Å². The summed E-state index contributed by atoms with van der Waals surface area (Å²) >= 11 is 6.13. The molecule has 1 aromatic heterocycles. The van der Waals surface area contributed by atoms with Crippen molar-refractivity contribution in [3.05, 3.63) is 75.9 Å². The number of halogens is 1. The van der Waals surface area contributed by atoms with Crippen molar-refractivity contribution < 1.29 is 0 Å². The minimum Gasteiger partial charge on any atom is -0.340 e. The second-order valence-corrected chi connectivity index (χ2v) is 7.16.